The van der Waals surface area contributed by atoms with Crippen molar-refractivity contribution in [2.75, 3.05) is 7.11 Å². The van der Waals surface area contributed by atoms with E-state index < -0.39 is 11.9 Å². The number of methoxy groups -OCH3 is 1. The molecule has 0 aliphatic carbocycles. The van der Waals surface area contributed by atoms with E-state index in [4.69, 9.17) is 4.74 Å². The molecule has 0 saturated heterocycles. The van der Waals surface area contributed by atoms with E-state index in [1.807, 2.05) is 30.3 Å². The molecule has 0 aliphatic heterocycles. The average Bonchev–Trinajstić information content (AvgIpc) is 2.52. The molecule has 0 radical (unpaired) electrons. The molecule has 0 heterocycles. The molecule has 122 valence electrons. The first kappa shape index (κ1) is 17.1. The van der Waals surface area contributed by atoms with Gasteiger partial charge >= 0.3 is 5.97 Å². The normalized spacial score (nSPS) is 12.7. The number of hydrogen-bond donors (Lipinski definition) is 1. The van der Waals surface area contributed by atoms with Crippen LogP contribution in [0.3, 0.4) is 0 Å². The van der Waals surface area contributed by atoms with E-state index in [1.165, 1.54) is 5.56 Å². The zero-order valence-electron chi connectivity index (χ0n) is 14.2. The van der Waals surface area contributed by atoms with Crippen molar-refractivity contribution in [2.24, 2.45) is 0 Å². The third-order valence-electron chi connectivity index (χ3n) is 4.07. The van der Waals surface area contributed by atoms with E-state index >= 15 is 0 Å². The number of carboxylic acid groups (broad SMARTS) is 1. The van der Waals surface area contributed by atoms with E-state index in [0.29, 0.717) is 17.7 Å². The maximum atomic E-state index is 11.7. The quantitative estimate of drug-likeness (QED) is 0.890. The minimum Gasteiger partial charge on any atom is -0.496 e. The number of aliphatic carboxylic acids is 1. The molecular formula is C20H24O3. The molecular weight excluding hydrogens is 288 g/mol. The number of hydrogen-bond acceptors (Lipinski definition) is 2. The fourth-order valence-electron chi connectivity index (χ4n) is 2.66. The fourth-order valence-corrected chi connectivity index (χ4v) is 2.66. The van der Waals surface area contributed by atoms with E-state index in [-0.39, 0.29) is 5.41 Å². The molecule has 0 aromatic heterocycles. The number of para-hydroxylation sites is 1. The molecule has 0 fully saturated rings. The summed E-state index contributed by atoms with van der Waals surface area (Å²) in [5.41, 5.74) is 3.05. The van der Waals surface area contributed by atoms with Crippen LogP contribution in [-0.2, 0) is 16.6 Å². The molecule has 0 spiro atoms. The van der Waals surface area contributed by atoms with Crippen molar-refractivity contribution in [2.45, 2.75) is 38.5 Å². The average molecular weight is 312 g/mol. The third kappa shape index (κ3) is 4.13. The maximum Gasteiger partial charge on any atom is 0.311 e. The molecule has 2 aromatic carbocycles. The first-order chi connectivity index (χ1) is 10.8. The van der Waals surface area contributed by atoms with E-state index in [1.54, 1.807) is 13.2 Å². The predicted molar refractivity (Wildman–Crippen MR) is 92.2 cm³/mol. The van der Waals surface area contributed by atoms with Crippen molar-refractivity contribution in [1.82, 2.24) is 0 Å². The molecule has 23 heavy (non-hydrogen) atoms. The molecule has 2 rings (SSSR count). The van der Waals surface area contributed by atoms with Gasteiger partial charge in [-0.15, -0.1) is 0 Å². The Balaban J connectivity index is 2.28. The van der Waals surface area contributed by atoms with Gasteiger partial charge in [0.1, 0.15) is 5.75 Å². The largest absolute Gasteiger partial charge is 0.496 e. The second-order valence-electron chi connectivity index (χ2n) is 6.78. The highest BCUT2D eigenvalue weighted by Crippen LogP contribution is 2.30. The second-order valence-corrected chi connectivity index (χ2v) is 6.78. The zero-order chi connectivity index (χ0) is 17.0. The summed E-state index contributed by atoms with van der Waals surface area (Å²) < 4.78 is 5.31. The Labute approximate surface area is 137 Å². The van der Waals surface area contributed by atoms with Gasteiger partial charge in [-0.1, -0.05) is 63.2 Å². The summed E-state index contributed by atoms with van der Waals surface area (Å²) in [7, 11) is 1.57. The van der Waals surface area contributed by atoms with Crippen molar-refractivity contribution < 1.29 is 14.6 Å². The topological polar surface area (TPSA) is 46.5 Å². The van der Waals surface area contributed by atoms with Crippen LogP contribution in [0.5, 0.6) is 5.75 Å². The van der Waals surface area contributed by atoms with Crippen LogP contribution in [0.15, 0.2) is 48.5 Å². The zero-order valence-corrected chi connectivity index (χ0v) is 14.2. The van der Waals surface area contributed by atoms with Gasteiger partial charge in [-0.2, -0.15) is 0 Å². The van der Waals surface area contributed by atoms with Crippen LogP contribution in [0.4, 0.5) is 0 Å². The van der Waals surface area contributed by atoms with Gasteiger partial charge in [0, 0.05) is 5.56 Å². The monoisotopic (exact) mass is 312 g/mol. The van der Waals surface area contributed by atoms with E-state index in [2.05, 4.69) is 32.9 Å². The number of carbonyl (C=O) groups is 1. The van der Waals surface area contributed by atoms with Gasteiger partial charge in [-0.05, 0) is 29.0 Å². The first-order valence-electron chi connectivity index (χ1n) is 7.78. The number of carboxylic acids is 1. The number of rotatable bonds is 5. The summed E-state index contributed by atoms with van der Waals surface area (Å²) in [5.74, 6) is -0.841. The highest BCUT2D eigenvalue weighted by atomic mass is 16.5. The molecule has 2 aromatic rings. The van der Waals surface area contributed by atoms with Crippen molar-refractivity contribution in [1.29, 1.82) is 0 Å². The summed E-state index contributed by atoms with van der Waals surface area (Å²) in [6, 6.07) is 15.5. The van der Waals surface area contributed by atoms with Crippen LogP contribution in [0.2, 0.25) is 0 Å². The van der Waals surface area contributed by atoms with E-state index in [9.17, 15) is 9.90 Å². The lowest BCUT2D eigenvalue weighted by Crippen LogP contribution is -2.16. The predicted octanol–water partition coefficient (Wildman–Crippen LogP) is 4.40. The smallest absolute Gasteiger partial charge is 0.311 e. The Morgan fingerprint density at radius 3 is 2.22 bits per heavy atom. The van der Waals surface area contributed by atoms with Gasteiger partial charge < -0.3 is 9.84 Å². The summed E-state index contributed by atoms with van der Waals surface area (Å²) in [6.45, 7) is 6.49. The maximum absolute atomic E-state index is 11.7. The Morgan fingerprint density at radius 2 is 1.70 bits per heavy atom. The lowest BCUT2D eigenvalue weighted by Gasteiger charge is -2.20. The second kappa shape index (κ2) is 6.86. The summed E-state index contributed by atoms with van der Waals surface area (Å²) in [6.07, 6.45) is 0.445. The number of benzene rings is 2. The van der Waals surface area contributed by atoms with Crippen molar-refractivity contribution in [3.05, 3.63) is 65.2 Å². The fraction of sp³-hybridized carbons (Fsp3) is 0.350. The Morgan fingerprint density at radius 1 is 1.09 bits per heavy atom. The van der Waals surface area contributed by atoms with Gasteiger partial charge in [0.15, 0.2) is 0 Å². The third-order valence-corrected chi connectivity index (χ3v) is 4.07. The SMILES string of the molecule is COc1ccccc1C(Cc1ccc(C(C)(C)C)cc1)C(=O)O. The van der Waals surface area contributed by atoms with Gasteiger partial charge in [0.2, 0.25) is 0 Å². The van der Waals surface area contributed by atoms with Crippen LogP contribution in [0.1, 0.15) is 43.4 Å². The molecule has 1 atom stereocenters. The van der Waals surface area contributed by atoms with Gasteiger partial charge in [0.25, 0.3) is 0 Å². The van der Waals surface area contributed by atoms with Crippen LogP contribution >= 0.6 is 0 Å². The molecule has 3 heteroatoms. The lowest BCUT2D eigenvalue weighted by molar-refractivity contribution is -0.138. The first-order valence-corrected chi connectivity index (χ1v) is 7.78. The standard InChI is InChI=1S/C20H24O3/c1-20(2,3)15-11-9-14(10-12-15)13-17(19(21)22)16-7-5-6-8-18(16)23-4/h5-12,17H,13H2,1-4H3,(H,21,22). The van der Waals surface area contributed by atoms with Crippen LogP contribution in [0, 0.1) is 0 Å². The molecule has 1 unspecified atom stereocenters. The van der Waals surface area contributed by atoms with Crippen molar-refractivity contribution in [3.63, 3.8) is 0 Å². The van der Waals surface area contributed by atoms with Crippen molar-refractivity contribution in [3.8, 4) is 5.75 Å². The Hall–Kier alpha value is -2.29. The molecule has 3 nitrogen and oxygen atoms in total. The summed E-state index contributed by atoms with van der Waals surface area (Å²) in [5, 5.41) is 9.64. The van der Waals surface area contributed by atoms with Crippen LogP contribution in [0.25, 0.3) is 0 Å². The van der Waals surface area contributed by atoms with Crippen molar-refractivity contribution >= 4 is 5.97 Å². The highest BCUT2D eigenvalue weighted by Gasteiger charge is 2.24. The van der Waals surface area contributed by atoms with Gasteiger partial charge in [-0.3, -0.25) is 4.79 Å². The van der Waals surface area contributed by atoms with Gasteiger partial charge in [-0.25, -0.2) is 0 Å². The Bertz CT molecular complexity index is 666. The molecule has 1 N–H and O–H groups in total. The minimum absolute atomic E-state index is 0.0907. The molecule has 0 amide bonds. The van der Waals surface area contributed by atoms with Gasteiger partial charge in [0.05, 0.1) is 13.0 Å². The number of ether oxygens (including phenoxy) is 1. The summed E-state index contributed by atoms with van der Waals surface area (Å²) >= 11 is 0. The minimum atomic E-state index is -0.839. The molecule has 0 aliphatic rings. The van der Waals surface area contributed by atoms with E-state index in [0.717, 1.165) is 5.56 Å². The summed E-state index contributed by atoms with van der Waals surface area (Å²) in [4.78, 5) is 11.7. The van der Waals surface area contributed by atoms with Crippen LogP contribution < -0.4 is 4.74 Å². The Kier molecular flexibility index (Phi) is 5.09. The lowest BCUT2D eigenvalue weighted by atomic mass is 9.85. The molecule has 0 saturated carbocycles. The highest BCUT2D eigenvalue weighted by molar-refractivity contribution is 5.77. The molecule has 0 bridgehead atoms. The van der Waals surface area contributed by atoms with Crippen LogP contribution in [-0.4, -0.2) is 18.2 Å².